The molecule has 0 saturated carbocycles. The molecule has 1 aromatic heterocycles. The number of aryl methyl sites for hydroxylation is 1. The molecule has 0 bridgehead atoms. The fraction of sp³-hybridized carbons (Fsp3) is 0.353. The van der Waals surface area contributed by atoms with Gasteiger partial charge < -0.3 is 10.6 Å². The van der Waals surface area contributed by atoms with Crippen molar-refractivity contribution in [1.29, 1.82) is 0 Å². The van der Waals surface area contributed by atoms with Gasteiger partial charge in [0.15, 0.2) is 0 Å². The fourth-order valence-electron chi connectivity index (χ4n) is 2.77. The Morgan fingerprint density at radius 3 is 2.65 bits per heavy atom. The van der Waals surface area contributed by atoms with Crippen molar-refractivity contribution in [1.82, 2.24) is 4.98 Å². The molecule has 0 unspecified atom stereocenters. The van der Waals surface area contributed by atoms with Crippen LogP contribution in [-0.2, 0) is 13.0 Å². The third-order valence-electron chi connectivity index (χ3n) is 3.96. The van der Waals surface area contributed by atoms with Gasteiger partial charge in [-0.3, -0.25) is 4.98 Å². The Labute approximate surface area is 120 Å². The van der Waals surface area contributed by atoms with Crippen molar-refractivity contribution in [3.63, 3.8) is 0 Å². The minimum Gasteiger partial charge on any atom is -0.366 e. The first-order chi connectivity index (χ1) is 9.74. The summed E-state index contributed by atoms with van der Waals surface area (Å²) < 4.78 is 0. The second-order valence-corrected chi connectivity index (χ2v) is 5.52. The zero-order valence-corrected chi connectivity index (χ0v) is 11.9. The molecule has 1 atom stereocenters. The van der Waals surface area contributed by atoms with Crippen LogP contribution in [0.3, 0.4) is 0 Å². The van der Waals surface area contributed by atoms with Crippen LogP contribution >= 0.6 is 0 Å². The van der Waals surface area contributed by atoms with Crippen LogP contribution in [0.15, 0.2) is 42.6 Å². The topological polar surface area (TPSA) is 42.1 Å². The summed E-state index contributed by atoms with van der Waals surface area (Å²) in [4.78, 5) is 6.88. The summed E-state index contributed by atoms with van der Waals surface area (Å²) in [6, 6.07) is 12.9. The Morgan fingerprint density at radius 1 is 1.15 bits per heavy atom. The summed E-state index contributed by atoms with van der Waals surface area (Å²) in [5.41, 5.74) is 10.9. The molecule has 3 heteroatoms. The molecule has 0 aliphatic carbocycles. The quantitative estimate of drug-likeness (QED) is 0.909. The number of pyridine rings is 1. The molecule has 3 nitrogen and oxygen atoms in total. The smallest absolute Gasteiger partial charge is 0.0569 e. The summed E-state index contributed by atoms with van der Waals surface area (Å²) in [7, 11) is 0. The maximum absolute atomic E-state index is 5.85. The Hall–Kier alpha value is -1.87. The number of nitrogens with two attached hydrogens (primary N) is 1. The van der Waals surface area contributed by atoms with Gasteiger partial charge in [-0.2, -0.15) is 0 Å². The highest BCUT2D eigenvalue weighted by molar-refractivity contribution is 5.47. The van der Waals surface area contributed by atoms with Crippen LogP contribution in [0.25, 0.3) is 0 Å². The normalized spacial score (nSPS) is 16.4. The maximum Gasteiger partial charge on any atom is 0.0569 e. The van der Waals surface area contributed by atoms with E-state index < -0.39 is 0 Å². The summed E-state index contributed by atoms with van der Waals surface area (Å²) in [6.45, 7) is 4.01. The van der Waals surface area contributed by atoms with Crippen LogP contribution in [0.4, 0.5) is 5.69 Å². The van der Waals surface area contributed by atoms with E-state index >= 15 is 0 Å². The largest absolute Gasteiger partial charge is 0.366 e. The molecule has 104 valence electrons. The maximum atomic E-state index is 5.85. The van der Waals surface area contributed by atoms with Gasteiger partial charge in [0.2, 0.25) is 0 Å². The second-order valence-electron chi connectivity index (χ2n) is 5.52. The molecular weight excluding hydrogens is 246 g/mol. The van der Waals surface area contributed by atoms with Gasteiger partial charge >= 0.3 is 0 Å². The van der Waals surface area contributed by atoms with Gasteiger partial charge in [0.05, 0.1) is 17.6 Å². The molecule has 2 heterocycles. The van der Waals surface area contributed by atoms with E-state index in [0.29, 0.717) is 0 Å². The number of hydrogen-bond donors (Lipinski definition) is 1. The summed E-state index contributed by atoms with van der Waals surface area (Å²) >= 11 is 0. The molecule has 3 rings (SSSR count). The number of anilines is 1. The highest BCUT2D eigenvalue weighted by Crippen LogP contribution is 2.23. The number of benzene rings is 1. The van der Waals surface area contributed by atoms with E-state index in [1.54, 1.807) is 0 Å². The number of aromatic nitrogens is 1. The van der Waals surface area contributed by atoms with Crippen LogP contribution in [-0.4, -0.2) is 11.5 Å². The highest BCUT2D eigenvalue weighted by Gasteiger charge is 2.14. The average Bonchev–Trinajstić information content (AvgIpc) is 2.69. The first-order valence-corrected chi connectivity index (χ1v) is 7.27. The Balaban J connectivity index is 1.84. The third kappa shape index (κ3) is 2.68. The van der Waals surface area contributed by atoms with Crippen LogP contribution in [0.5, 0.6) is 0 Å². The zero-order valence-electron chi connectivity index (χ0n) is 11.9. The van der Waals surface area contributed by atoms with E-state index in [4.69, 9.17) is 5.73 Å². The monoisotopic (exact) mass is 267 g/mol. The van der Waals surface area contributed by atoms with Crippen LogP contribution in [0, 0.1) is 0 Å². The first-order valence-electron chi connectivity index (χ1n) is 7.27. The van der Waals surface area contributed by atoms with Gasteiger partial charge in [-0.25, -0.2) is 0 Å². The van der Waals surface area contributed by atoms with E-state index in [-0.39, 0.29) is 6.04 Å². The standard InChI is InChI=1S/C17H21N3/c1-13(18)17-9-8-16(11-19-17)20-10-4-7-14-5-2-3-6-15(14)12-20/h2-3,5-6,8-9,11,13H,4,7,10,12,18H2,1H3/t13-/m1/s1. The molecule has 1 aliphatic rings. The number of nitrogens with zero attached hydrogens (tertiary/aromatic N) is 2. The lowest BCUT2D eigenvalue weighted by Gasteiger charge is -2.23. The number of hydrogen-bond acceptors (Lipinski definition) is 3. The van der Waals surface area contributed by atoms with Gasteiger partial charge in [0, 0.05) is 19.1 Å². The van der Waals surface area contributed by atoms with E-state index in [0.717, 1.165) is 25.2 Å². The van der Waals surface area contributed by atoms with Crippen LogP contribution < -0.4 is 10.6 Å². The van der Waals surface area contributed by atoms with E-state index in [2.05, 4.69) is 40.2 Å². The van der Waals surface area contributed by atoms with Gasteiger partial charge in [0.1, 0.15) is 0 Å². The molecular formula is C17H21N3. The van der Waals surface area contributed by atoms with E-state index in [9.17, 15) is 0 Å². The van der Waals surface area contributed by atoms with Crippen molar-refractivity contribution in [2.24, 2.45) is 5.73 Å². The minimum absolute atomic E-state index is 0.00564. The predicted octanol–water partition coefficient (Wildman–Crippen LogP) is 3.05. The van der Waals surface area contributed by atoms with Crippen molar-refractivity contribution >= 4 is 5.69 Å². The summed E-state index contributed by atoms with van der Waals surface area (Å²) in [5.74, 6) is 0. The van der Waals surface area contributed by atoms with Gasteiger partial charge in [-0.1, -0.05) is 24.3 Å². The lowest BCUT2D eigenvalue weighted by atomic mass is 10.0. The number of rotatable bonds is 2. The van der Waals surface area contributed by atoms with Crippen LogP contribution in [0.1, 0.15) is 36.2 Å². The Bertz CT molecular complexity index is 575. The van der Waals surface area contributed by atoms with Crippen molar-refractivity contribution in [3.05, 3.63) is 59.4 Å². The highest BCUT2D eigenvalue weighted by atomic mass is 15.1. The van der Waals surface area contributed by atoms with Gasteiger partial charge in [0.25, 0.3) is 0 Å². The Morgan fingerprint density at radius 2 is 1.95 bits per heavy atom. The van der Waals surface area contributed by atoms with Crippen LogP contribution in [0.2, 0.25) is 0 Å². The Kier molecular flexibility index (Phi) is 3.70. The molecule has 0 saturated heterocycles. The summed E-state index contributed by atoms with van der Waals surface area (Å²) in [6.07, 6.45) is 4.30. The van der Waals surface area contributed by atoms with Crippen molar-refractivity contribution in [2.75, 3.05) is 11.4 Å². The molecule has 0 spiro atoms. The molecule has 2 aromatic rings. The predicted molar refractivity (Wildman–Crippen MR) is 82.7 cm³/mol. The summed E-state index contributed by atoms with van der Waals surface area (Å²) in [5, 5.41) is 0. The van der Waals surface area contributed by atoms with Crippen molar-refractivity contribution < 1.29 is 0 Å². The molecule has 0 radical (unpaired) electrons. The molecule has 0 fully saturated rings. The lowest BCUT2D eigenvalue weighted by Crippen LogP contribution is -2.22. The van der Waals surface area contributed by atoms with E-state index in [1.807, 2.05) is 19.2 Å². The third-order valence-corrected chi connectivity index (χ3v) is 3.96. The van der Waals surface area contributed by atoms with Gasteiger partial charge in [-0.05, 0) is 43.0 Å². The van der Waals surface area contributed by atoms with Gasteiger partial charge in [-0.15, -0.1) is 0 Å². The first kappa shape index (κ1) is 13.1. The zero-order chi connectivity index (χ0) is 13.9. The molecule has 0 amide bonds. The minimum atomic E-state index is -0.00564. The second kappa shape index (κ2) is 5.63. The van der Waals surface area contributed by atoms with E-state index in [1.165, 1.54) is 23.2 Å². The van der Waals surface area contributed by atoms with Crippen molar-refractivity contribution in [2.45, 2.75) is 32.4 Å². The molecule has 1 aliphatic heterocycles. The molecule has 1 aromatic carbocycles. The molecule has 20 heavy (non-hydrogen) atoms. The fourth-order valence-corrected chi connectivity index (χ4v) is 2.77. The average molecular weight is 267 g/mol. The lowest BCUT2D eigenvalue weighted by molar-refractivity contribution is 0.754. The number of fused-ring (bicyclic) bond motifs is 1. The van der Waals surface area contributed by atoms with Crippen molar-refractivity contribution in [3.8, 4) is 0 Å². The SMILES string of the molecule is C[C@@H](N)c1ccc(N2CCCc3ccccc3C2)cn1. The molecule has 2 N–H and O–H groups in total.